The van der Waals surface area contributed by atoms with Crippen LogP contribution in [0.5, 0.6) is 0 Å². The molecule has 7 aliphatic heterocycles. The van der Waals surface area contributed by atoms with Gasteiger partial charge in [-0.3, -0.25) is 4.79 Å². The van der Waals surface area contributed by atoms with E-state index in [9.17, 15) is 102 Å². The third kappa shape index (κ3) is 14.6. The number of allylic oxidation sites excluding steroid dienone is 2. The molecule has 35 nitrogen and oxygen atoms in total. The Morgan fingerprint density at radius 2 is 0.933 bits per heavy atom. The van der Waals surface area contributed by atoms with Crippen LogP contribution in [0.3, 0.4) is 0 Å². The number of carbonyl (C=O) groups is 1. The number of aliphatic hydroxyl groups is 20. The number of fused-ring (bicyclic) bond motifs is 7. The summed E-state index contributed by atoms with van der Waals surface area (Å²) in [6, 6.07) is 0. The number of hydrogen-bond donors (Lipinski definition) is 20. The lowest BCUT2D eigenvalue weighted by Gasteiger charge is -2.71. The van der Waals surface area contributed by atoms with Crippen molar-refractivity contribution in [3.8, 4) is 0 Å². The summed E-state index contributed by atoms with van der Waals surface area (Å²) in [5.74, 6) is -0.838. The lowest BCUT2D eigenvalue weighted by atomic mass is 9.33. The topological polar surface area (TPSA) is 551 Å². The SMILES string of the molecule is CC1OC(OC2C(OC3CCC4(C)C(CCC5(C)C4CC=C4C6CC(C)(C)CCC6(C(=O)OC6OC(COC7OC(CO)C(O)C(O)C7O)C(O)C(O)C6O)CCC45C)C3(C)C)OCC(OC3OC(CO)C(O)C(O)C3O)C2O)C(O)C(OC2OCC(OC3OC(CO)C(O)C(O)C3O)C(O)C2O)C1O. The molecule has 20 N–H and O–H groups in total. The van der Waals surface area contributed by atoms with Crippen LogP contribution in [0, 0.1) is 50.2 Å². The molecule has 12 aliphatic rings. The van der Waals surface area contributed by atoms with E-state index in [-0.39, 0.29) is 34.0 Å². The summed E-state index contributed by atoms with van der Waals surface area (Å²) in [5, 5.41) is 217. The summed E-state index contributed by atoms with van der Waals surface area (Å²) in [4.78, 5) is 15.3. The van der Waals surface area contributed by atoms with Gasteiger partial charge in [-0.15, -0.1) is 0 Å². The fourth-order valence-electron chi connectivity index (χ4n) is 20.2. The number of carbonyl (C=O) groups excluding carboxylic acids is 1. The highest BCUT2D eigenvalue weighted by Gasteiger charge is 2.71. The van der Waals surface area contributed by atoms with Crippen molar-refractivity contribution in [1.29, 1.82) is 0 Å². The largest absolute Gasteiger partial charge is 0.432 e. The highest BCUT2D eigenvalue weighted by molar-refractivity contribution is 5.79. The van der Waals surface area contributed by atoms with Gasteiger partial charge < -0.3 is 168 Å². The van der Waals surface area contributed by atoms with Gasteiger partial charge in [0.25, 0.3) is 0 Å². The molecule has 5 aliphatic carbocycles. The van der Waals surface area contributed by atoms with Crippen LogP contribution < -0.4 is 0 Å². The lowest BCUT2D eigenvalue weighted by molar-refractivity contribution is -0.391. The van der Waals surface area contributed by atoms with E-state index in [4.69, 9.17) is 66.3 Å². The fourth-order valence-corrected chi connectivity index (χ4v) is 20.2. The molecule has 7 heterocycles. The van der Waals surface area contributed by atoms with Crippen LogP contribution in [0.4, 0.5) is 0 Å². The van der Waals surface area contributed by atoms with Gasteiger partial charge in [0, 0.05) is 0 Å². The van der Waals surface area contributed by atoms with Crippen LogP contribution >= 0.6 is 0 Å². The Morgan fingerprint density at radius 3 is 1.51 bits per heavy atom. The minimum Gasteiger partial charge on any atom is -0.432 e. The number of ether oxygens (including phenoxy) is 14. The second-order valence-corrected chi connectivity index (χ2v) is 33.8. The Balaban J connectivity index is 0.753. The Kier molecular flexibility index (Phi) is 24.6. The Hall–Kier alpha value is -2.11. The van der Waals surface area contributed by atoms with E-state index in [0.717, 1.165) is 12.8 Å². The monoisotopic (exact) mass is 1510 g/mol. The van der Waals surface area contributed by atoms with Crippen molar-refractivity contribution < 1.29 is 173 Å². The molecule has 0 bridgehead atoms. The van der Waals surface area contributed by atoms with E-state index in [0.29, 0.717) is 51.4 Å². The summed E-state index contributed by atoms with van der Waals surface area (Å²) < 4.78 is 84.0. The molecule has 4 saturated carbocycles. The molecule has 0 amide bonds. The van der Waals surface area contributed by atoms with E-state index in [2.05, 4.69) is 54.5 Å². The minimum atomic E-state index is -1.99. The molecule has 35 heteroatoms. The number of hydrogen-bond acceptors (Lipinski definition) is 35. The van der Waals surface area contributed by atoms with Gasteiger partial charge >= 0.3 is 5.97 Å². The van der Waals surface area contributed by atoms with Gasteiger partial charge in [-0.1, -0.05) is 60.1 Å². The molecular weight excluding hydrogens is 1400 g/mol. The second-order valence-electron chi connectivity index (χ2n) is 33.8. The van der Waals surface area contributed by atoms with E-state index < -0.39 is 271 Å². The third-order valence-electron chi connectivity index (χ3n) is 27.0. The molecule has 0 aromatic rings. The Labute approximate surface area is 607 Å². The van der Waals surface area contributed by atoms with Crippen LogP contribution in [0.25, 0.3) is 0 Å². The van der Waals surface area contributed by atoms with Crippen molar-refractivity contribution in [3.05, 3.63) is 11.6 Å². The number of rotatable bonds is 18. The summed E-state index contributed by atoms with van der Waals surface area (Å²) in [7, 11) is 0. The Morgan fingerprint density at radius 1 is 0.448 bits per heavy atom. The maximum atomic E-state index is 15.3. The highest BCUT2D eigenvalue weighted by atomic mass is 16.8. The summed E-state index contributed by atoms with van der Waals surface area (Å²) >= 11 is 0. The second kappa shape index (κ2) is 31.3. The molecule has 7 saturated heterocycles. The van der Waals surface area contributed by atoms with Crippen LogP contribution in [0.15, 0.2) is 11.6 Å². The average molecular weight is 1520 g/mol. The smallest absolute Gasteiger partial charge is 0.315 e. The first-order valence-corrected chi connectivity index (χ1v) is 37.0. The molecular formula is C70H114O35. The van der Waals surface area contributed by atoms with Crippen LogP contribution in [-0.4, -0.2) is 357 Å². The normalized spacial score (nSPS) is 54.2. The van der Waals surface area contributed by atoms with Gasteiger partial charge in [0.05, 0.1) is 57.3 Å². The molecule has 12 rings (SSSR count). The quantitative estimate of drug-likeness (QED) is 0.0345. The zero-order valence-electron chi connectivity index (χ0n) is 60.3. The fraction of sp³-hybridized carbons (Fsp3) is 0.957. The molecule has 0 spiro atoms. The predicted octanol–water partition coefficient (Wildman–Crippen LogP) is -6.26. The van der Waals surface area contributed by atoms with Gasteiger partial charge in [0.1, 0.15) is 153 Å². The number of aliphatic hydroxyl groups excluding tert-OH is 20. The van der Waals surface area contributed by atoms with Gasteiger partial charge in [0.15, 0.2) is 37.7 Å². The Bertz CT molecular complexity index is 2970. The first-order valence-electron chi connectivity index (χ1n) is 37.0. The zero-order valence-corrected chi connectivity index (χ0v) is 60.3. The van der Waals surface area contributed by atoms with E-state index >= 15 is 4.79 Å². The molecule has 11 fully saturated rings. The van der Waals surface area contributed by atoms with Crippen molar-refractivity contribution in [2.75, 3.05) is 39.6 Å². The molecule has 0 aromatic heterocycles. The minimum absolute atomic E-state index is 0.00166. The summed E-state index contributed by atoms with van der Waals surface area (Å²) in [5.41, 5.74) is -1.86. The predicted molar refractivity (Wildman–Crippen MR) is 347 cm³/mol. The zero-order chi connectivity index (χ0) is 76.4. The van der Waals surface area contributed by atoms with Crippen LogP contribution in [-0.2, 0) is 71.1 Å². The first-order chi connectivity index (χ1) is 49.3. The van der Waals surface area contributed by atoms with Crippen LogP contribution in [0.1, 0.15) is 120 Å². The molecule has 41 unspecified atom stereocenters. The van der Waals surface area contributed by atoms with Crippen molar-refractivity contribution >= 4 is 5.97 Å². The van der Waals surface area contributed by atoms with Crippen molar-refractivity contribution in [2.45, 2.75) is 328 Å². The van der Waals surface area contributed by atoms with Gasteiger partial charge in [-0.05, 0) is 116 Å². The molecule has 0 aromatic carbocycles. The summed E-state index contributed by atoms with van der Waals surface area (Å²) in [6.07, 6.45) is -48.2. The molecule has 41 atom stereocenters. The van der Waals surface area contributed by atoms with Crippen LogP contribution in [0.2, 0.25) is 0 Å². The van der Waals surface area contributed by atoms with Crippen molar-refractivity contribution in [3.63, 3.8) is 0 Å². The average Bonchev–Trinajstić information content (AvgIpc) is 0.675. The molecule has 0 radical (unpaired) electrons. The van der Waals surface area contributed by atoms with Gasteiger partial charge in [-0.2, -0.15) is 0 Å². The van der Waals surface area contributed by atoms with E-state index in [1.165, 1.54) is 12.5 Å². The van der Waals surface area contributed by atoms with E-state index in [1.807, 2.05) is 0 Å². The highest BCUT2D eigenvalue weighted by Crippen LogP contribution is 2.76. The standard InChI is InChI=1S/C70H114O35/c1-26-38(74)55(103-58-49(85)43(79)33(24-93-58)99-59-51(87)46(82)40(76)30(21-72)97-59)54(90)62(95-26)104-56-44(80)34(101-60-52(88)47(83)41(77)31(22-73)98-60)25-94-63(56)102-37-12-13-67(6)35(66(37,4)5)11-14-69(8)36(67)10-9-27-28-19-65(2,3)15-17-70(28,18-16-68(27,69)7)64(91)105-61-53(89)48(84)42(78)32(100-61)23-92-57-50(86)45(81)39(75)29(20-71)96-57/h9,26,28-63,71-90H,10-25H2,1-8H3. The maximum Gasteiger partial charge on any atom is 0.315 e. The summed E-state index contributed by atoms with van der Waals surface area (Å²) in [6.45, 7) is 13.1. The molecule has 604 valence electrons. The van der Waals surface area contributed by atoms with Crippen molar-refractivity contribution in [1.82, 2.24) is 0 Å². The van der Waals surface area contributed by atoms with Gasteiger partial charge in [-0.25, -0.2) is 0 Å². The van der Waals surface area contributed by atoms with Crippen molar-refractivity contribution in [2.24, 2.45) is 50.2 Å². The van der Waals surface area contributed by atoms with E-state index in [1.54, 1.807) is 0 Å². The van der Waals surface area contributed by atoms with Gasteiger partial charge in [0.2, 0.25) is 6.29 Å². The lowest BCUT2D eigenvalue weighted by Crippen LogP contribution is -2.67. The third-order valence-corrected chi connectivity index (χ3v) is 27.0. The first kappa shape index (κ1) is 82.4. The molecule has 105 heavy (non-hydrogen) atoms. The maximum absolute atomic E-state index is 15.3. The number of esters is 1.